The molecular weight excluding hydrogens is 688 g/mol. The predicted molar refractivity (Wildman–Crippen MR) is 131 cm³/mol. The maximum Gasteiger partial charge on any atom is 0.0906 e. The van der Waals surface area contributed by atoms with Crippen molar-refractivity contribution < 1.29 is 61.2 Å². The summed E-state index contributed by atoms with van der Waals surface area (Å²) in [5.41, 5.74) is 3.90. The van der Waals surface area contributed by atoms with Crippen LogP contribution in [0.3, 0.4) is 0 Å². The van der Waals surface area contributed by atoms with Crippen LogP contribution in [0, 0.1) is 18.1 Å². The fraction of sp³-hybridized carbons (Fsp3) is 0.444. The van der Waals surface area contributed by atoms with Gasteiger partial charge in [-0.05, 0) is 38.0 Å². The van der Waals surface area contributed by atoms with Gasteiger partial charge in [0.1, 0.15) is 0 Å². The molecule has 2 aliphatic heterocycles. The van der Waals surface area contributed by atoms with Crippen molar-refractivity contribution in [1.29, 1.82) is 0 Å². The van der Waals surface area contributed by atoms with Gasteiger partial charge in [0, 0.05) is 97.0 Å². The van der Waals surface area contributed by atoms with Crippen LogP contribution in [0.25, 0.3) is 10.9 Å². The van der Waals surface area contributed by atoms with Gasteiger partial charge in [-0.25, -0.2) is 0 Å². The minimum Gasteiger partial charge on any atom is -0.453 e. The molecule has 2 atom stereocenters. The Labute approximate surface area is 245 Å². The van der Waals surface area contributed by atoms with Gasteiger partial charge in [-0.2, -0.15) is 12.1 Å². The van der Waals surface area contributed by atoms with E-state index in [0.29, 0.717) is 24.1 Å². The average molecular weight is 719 g/mol. The van der Waals surface area contributed by atoms with Crippen molar-refractivity contribution in [2.75, 3.05) is 44.8 Å². The Hall–Kier alpha value is -1.16. The summed E-state index contributed by atoms with van der Waals surface area (Å²) in [5.74, 6) is -0.415. The molecule has 0 unspecified atom stereocenters. The molecule has 1 saturated heterocycles. The molecule has 3 N–H and O–H groups in total. The van der Waals surface area contributed by atoms with Crippen molar-refractivity contribution in [3.63, 3.8) is 0 Å². The number of likely N-dealkylation sites (tertiary alicyclic amines) is 1. The molecular formula is C27H31F3FeHfN4O-2. The SMILES string of the molecule is C[C@@H]1Cc2c([nH]c3ccccc23)[C@@H](c2[c-]cc(NC3CN(CCCF)C3)cc2F)N1C[C-](F)CO.[Fe].[Hf]. The Morgan fingerprint density at radius 2 is 2.03 bits per heavy atom. The first-order chi connectivity index (χ1) is 17.0. The van der Waals surface area contributed by atoms with Gasteiger partial charge in [-0.1, -0.05) is 30.4 Å². The van der Waals surface area contributed by atoms with E-state index in [1.165, 1.54) is 6.07 Å². The molecule has 1 aromatic heterocycles. The molecule has 5 rings (SSSR count). The number of aliphatic hydroxyl groups is 1. The topological polar surface area (TPSA) is 54.5 Å². The van der Waals surface area contributed by atoms with Gasteiger partial charge in [0.2, 0.25) is 0 Å². The maximum absolute atomic E-state index is 15.6. The maximum atomic E-state index is 15.6. The minimum atomic E-state index is -0.658. The summed E-state index contributed by atoms with van der Waals surface area (Å²) < 4.78 is 42.3. The smallest absolute Gasteiger partial charge is 0.0906 e. The van der Waals surface area contributed by atoms with Gasteiger partial charge >= 0.3 is 0 Å². The number of nitrogens with zero attached hydrogens (tertiary/aromatic N) is 2. The minimum absolute atomic E-state index is 0. The van der Waals surface area contributed by atoms with Crippen LogP contribution in [0.15, 0.2) is 36.4 Å². The van der Waals surface area contributed by atoms with Crippen LogP contribution in [0.4, 0.5) is 18.9 Å². The van der Waals surface area contributed by atoms with Gasteiger partial charge in [0.25, 0.3) is 0 Å². The Morgan fingerprint density at radius 1 is 1.27 bits per heavy atom. The van der Waals surface area contributed by atoms with Crippen molar-refractivity contribution in [3.05, 3.63) is 71.3 Å². The molecule has 3 aromatic rings. The van der Waals surface area contributed by atoms with E-state index in [1.54, 1.807) is 6.07 Å². The molecule has 0 radical (unpaired) electrons. The number of para-hydroxylation sites is 1. The zero-order chi connectivity index (χ0) is 24.5. The van der Waals surface area contributed by atoms with Crippen LogP contribution >= 0.6 is 0 Å². The number of hydrogen-bond donors (Lipinski definition) is 3. The average Bonchev–Trinajstić information content (AvgIpc) is 3.19. The zero-order valence-corrected chi connectivity index (χ0v) is 25.4. The number of anilines is 1. The molecule has 2 aliphatic rings. The molecule has 200 valence electrons. The normalized spacial score (nSPS) is 20.3. The van der Waals surface area contributed by atoms with Crippen molar-refractivity contribution in [2.24, 2.45) is 0 Å². The van der Waals surface area contributed by atoms with Crippen LogP contribution < -0.4 is 5.32 Å². The molecule has 0 bridgehead atoms. The van der Waals surface area contributed by atoms with Crippen LogP contribution in [0.2, 0.25) is 0 Å². The van der Waals surface area contributed by atoms with E-state index in [1.807, 2.05) is 36.1 Å². The number of nitrogens with one attached hydrogen (secondary N) is 2. The summed E-state index contributed by atoms with van der Waals surface area (Å²) in [5, 5.41) is 13.8. The second kappa shape index (κ2) is 13.3. The Kier molecular flexibility index (Phi) is 10.9. The fourth-order valence-electron chi connectivity index (χ4n) is 5.45. The van der Waals surface area contributed by atoms with Gasteiger partial charge in [0.05, 0.1) is 12.7 Å². The molecule has 0 aliphatic carbocycles. The summed E-state index contributed by atoms with van der Waals surface area (Å²) in [6, 6.07) is 13.9. The molecule has 10 heteroatoms. The number of aromatic nitrogens is 1. The Bertz CT molecular complexity index is 1180. The summed E-state index contributed by atoms with van der Waals surface area (Å²) >= 11 is 0. The van der Waals surface area contributed by atoms with Crippen molar-refractivity contribution in [2.45, 2.75) is 37.9 Å². The van der Waals surface area contributed by atoms with Gasteiger partial charge in [0.15, 0.2) is 0 Å². The third-order valence-corrected chi connectivity index (χ3v) is 7.18. The number of alkyl halides is 1. The number of hydrogen-bond acceptors (Lipinski definition) is 4. The van der Waals surface area contributed by atoms with E-state index in [-0.39, 0.29) is 68.2 Å². The second-order valence-electron chi connectivity index (χ2n) is 9.66. The molecule has 0 spiro atoms. The van der Waals surface area contributed by atoms with Crippen LogP contribution in [-0.4, -0.2) is 71.4 Å². The molecule has 3 heterocycles. The quantitative estimate of drug-likeness (QED) is 0.227. The van der Waals surface area contributed by atoms with E-state index >= 15 is 4.39 Å². The summed E-state index contributed by atoms with van der Waals surface area (Å²) in [6.45, 7) is 3.28. The number of aromatic amines is 1. The first kappa shape index (κ1) is 30.4. The second-order valence-corrected chi connectivity index (χ2v) is 9.66. The number of benzene rings is 2. The first-order valence-electron chi connectivity index (χ1n) is 12.2. The number of H-pyrrole nitrogens is 1. The van der Waals surface area contributed by atoms with E-state index in [0.717, 1.165) is 41.8 Å². The largest absolute Gasteiger partial charge is 0.453 e. The molecule has 37 heavy (non-hydrogen) atoms. The monoisotopic (exact) mass is 720 g/mol. The van der Waals surface area contributed by atoms with E-state index in [4.69, 9.17) is 0 Å². The van der Waals surface area contributed by atoms with Crippen molar-refractivity contribution in [1.82, 2.24) is 14.8 Å². The number of fused-ring (bicyclic) bond motifs is 3. The first-order valence-corrected chi connectivity index (χ1v) is 12.2. The molecule has 1 fully saturated rings. The summed E-state index contributed by atoms with van der Waals surface area (Å²) in [4.78, 5) is 7.50. The zero-order valence-electron chi connectivity index (χ0n) is 20.7. The predicted octanol–water partition coefficient (Wildman–Crippen LogP) is 4.39. The third-order valence-electron chi connectivity index (χ3n) is 7.18. The van der Waals surface area contributed by atoms with Crippen molar-refractivity contribution >= 4 is 16.6 Å². The summed E-state index contributed by atoms with van der Waals surface area (Å²) in [7, 11) is 0. The molecule has 0 saturated carbocycles. The van der Waals surface area contributed by atoms with E-state index in [9.17, 15) is 13.9 Å². The van der Waals surface area contributed by atoms with Gasteiger partial charge in [-0.3, -0.25) is 13.7 Å². The van der Waals surface area contributed by atoms with Crippen LogP contribution in [-0.2, 0) is 49.3 Å². The van der Waals surface area contributed by atoms with Crippen molar-refractivity contribution in [3.8, 4) is 0 Å². The van der Waals surface area contributed by atoms with Crippen LogP contribution in [0.5, 0.6) is 0 Å². The van der Waals surface area contributed by atoms with E-state index in [2.05, 4.69) is 21.3 Å². The number of halogens is 3. The Balaban J connectivity index is 0.00000190. The molecule has 0 amide bonds. The van der Waals surface area contributed by atoms with E-state index < -0.39 is 24.6 Å². The Morgan fingerprint density at radius 3 is 2.73 bits per heavy atom. The fourth-order valence-corrected chi connectivity index (χ4v) is 5.45. The molecule has 5 nitrogen and oxygen atoms in total. The van der Waals surface area contributed by atoms with Gasteiger partial charge in [-0.15, -0.1) is 17.8 Å². The summed E-state index contributed by atoms with van der Waals surface area (Å²) in [6.07, 6.45) is 0.669. The third kappa shape index (κ3) is 6.36. The number of aliphatic hydroxyl groups excluding tert-OH is 1. The molecule has 2 aromatic carbocycles. The standard InChI is InChI=1S/C27H31F3N4O.Fe.Hf/c1-17-11-23-21-5-2-3-6-25(21)32-26(23)27(34(17)13-18(29)16-35)22-8-7-19(12-24(22)30)31-20-14-33(15-20)10-4-9-28;;/h2-3,5-7,12,17,20,27,31-32,35H,4,9-11,13-16H2,1H3;;/q-2;;/t17-,27-;;/m1../s1. The number of rotatable bonds is 9. The van der Waals surface area contributed by atoms with Crippen LogP contribution in [0.1, 0.15) is 36.2 Å². The van der Waals surface area contributed by atoms with Gasteiger partial charge < -0.3 is 24.7 Å².